The summed E-state index contributed by atoms with van der Waals surface area (Å²) in [4.78, 5) is 3.46. The van der Waals surface area contributed by atoms with Gasteiger partial charge in [0.15, 0.2) is 0 Å². The van der Waals surface area contributed by atoms with Crippen LogP contribution in [0.5, 0.6) is 0 Å². The predicted octanol–water partition coefficient (Wildman–Crippen LogP) is 2.35. The number of aromatic nitrogens is 1. The van der Waals surface area contributed by atoms with Crippen LogP contribution in [0.2, 0.25) is 0 Å². The van der Waals surface area contributed by atoms with Crippen LogP contribution in [-0.4, -0.2) is 18.1 Å². The summed E-state index contributed by atoms with van der Waals surface area (Å²) < 4.78 is 5.70. The first-order valence-corrected chi connectivity index (χ1v) is 5.84. The molecule has 1 aromatic heterocycles. The van der Waals surface area contributed by atoms with Gasteiger partial charge >= 0.3 is 0 Å². The van der Waals surface area contributed by atoms with Gasteiger partial charge in [-0.2, -0.15) is 0 Å². The van der Waals surface area contributed by atoms with Gasteiger partial charge in [0.05, 0.1) is 5.69 Å². The zero-order valence-electron chi connectivity index (χ0n) is 9.42. The Balaban J connectivity index is 2.13. The molecule has 0 spiro atoms. The molecule has 0 amide bonds. The second-order valence-electron chi connectivity index (χ2n) is 4.10. The highest BCUT2D eigenvalue weighted by Gasteiger charge is 2.23. The van der Waals surface area contributed by atoms with Crippen LogP contribution in [0.25, 0.3) is 10.9 Å². The molecule has 3 heteroatoms. The van der Waals surface area contributed by atoms with Gasteiger partial charge in [-0.15, -0.1) is 0 Å². The van der Waals surface area contributed by atoms with Crippen molar-refractivity contribution in [2.45, 2.75) is 19.6 Å². The second-order valence-corrected chi connectivity index (χ2v) is 4.10. The number of nitrogens with one attached hydrogen (secondary N) is 2. The zero-order valence-corrected chi connectivity index (χ0v) is 9.42. The molecule has 2 heterocycles. The summed E-state index contributed by atoms with van der Waals surface area (Å²) in [6, 6.07) is 8.46. The van der Waals surface area contributed by atoms with Crippen molar-refractivity contribution in [2.75, 3.05) is 13.2 Å². The molecule has 1 aromatic carbocycles. The van der Waals surface area contributed by atoms with Crippen LogP contribution in [0.1, 0.15) is 24.4 Å². The van der Waals surface area contributed by atoms with Gasteiger partial charge < -0.3 is 9.72 Å². The molecule has 3 rings (SSSR count). The third-order valence-electron chi connectivity index (χ3n) is 3.15. The minimum atomic E-state index is 0.0288. The smallest absolute Gasteiger partial charge is 0.149 e. The van der Waals surface area contributed by atoms with Gasteiger partial charge in [-0.25, -0.2) is 0 Å². The Morgan fingerprint density at radius 1 is 1.38 bits per heavy atom. The Bertz CT molecular complexity index is 504. The van der Waals surface area contributed by atoms with Crippen molar-refractivity contribution >= 4 is 10.9 Å². The van der Waals surface area contributed by atoms with E-state index in [4.69, 9.17) is 4.74 Å². The Hall–Kier alpha value is -1.32. The molecule has 0 aliphatic carbocycles. The van der Waals surface area contributed by atoms with E-state index in [1.807, 2.05) is 6.92 Å². The minimum Gasteiger partial charge on any atom is -0.358 e. The highest BCUT2D eigenvalue weighted by atomic mass is 16.5. The lowest BCUT2D eigenvalue weighted by Crippen LogP contribution is -2.31. The summed E-state index contributed by atoms with van der Waals surface area (Å²) in [6.07, 6.45) is 1.10. The van der Waals surface area contributed by atoms with Gasteiger partial charge in [0, 0.05) is 24.1 Å². The van der Waals surface area contributed by atoms with E-state index >= 15 is 0 Å². The monoisotopic (exact) mass is 216 g/mol. The van der Waals surface area contributed by atoms with Crippen molar-refractivity contribution in [2.24, 2.45) is 0 Å². The van der Waals surface area contributed by atoms with Crippen molar-refractivity contribution in [1.29, 1.82) is 0 Å². The standard InChI is InChI=1S/C13H16N2O/c1-2-16-13-12-10(7-8-14-13)9-5-3-4-6-11(9)15-12/h3-6,13-15H,2,7-8H2,1H3. The molecule has 0 radical (unpaired) electrons. The lowest BCUT2D eigenvalue weighted by atomic mass is 10.0. The highest BCUT2D eigenvalue weighted by molar-refractivity contribution is 5.85. The lowest BCUT2D eigenvalue weighted by molar-refractivity contribution is 0.0303. The van der Waals surface area contributed by atoms with Gasteiger partial charge in [-0.3, -0.25) is 5.32 Å². The van der Waals surface area contributed by atoms with Gasteiger partial charge in [-0.1, -0.05) is 18.2 Å². The van der Waals surface area contributed by atoms with Gasteiger partial charge in [0.25, 0.3) is 0 Å². The van der Waals surface area contributed by atoms with Crippen LogP contribution in [0.15, 0.2) is 24.3 Å². The third kappa shape index (κ3) is 1.44. The van der Waals surface area contributed by atoms with Crippen molar-refractivity contribution in [3.63, 3.8) is 0 Å². The normalized spacial score (nSPS) is 19.9. The molecule has 0 fully saturated rings. The maximum atomic E-state index is 5.70. The largest absolute Gasteiger partial charge is 0.358 e. The Morgan fingerprint density at radius 2 is 2.25 bits per heavy atom. The van der Waals surface area contributed by atoms with E-state index < -0.39 is 0 Å². The number of aromatic amines is 1. The Kier molecular flexibility index (Phi) is 2.42. The molecule has 1 atom stereocenters. The molecule has 2 N–H and O–H groups in total. The van der Waals surface area contributed by atoms with E-state index in [2.05, 4.69) is 34.6 Å². The summed E-state index contributed by atoms with van der Waals surface area (Å²) in [6.45, 7) is 3.74. The molecule has 16 heavy (non-hydrogen) atoms. The minimum absolute atomic E-state index is 0.0288. The molecule has 1 aliphatic heterocycles. The molecule has 2 aromatic rings. The maximum Gasteiger partial charge on any atom is 0.149 e. The quantitative estimate of drug-likeness (QED) is 0.808. The number of hydrogen-bond donors (Lipinski definition) is 2. The number of benzene rings is 1. The average Bonchev–Trinajstić information content (AvgIpc) is 2.69. The van der Waals surface area contributed by atoms with Crippen LogP contribution in [0, 0.1) is 0 Å². The molecular weight excluding hydrogens is 200 g/mol. The van der Waals surface area contributed by atoms with Gasteiger partial charge in [0.1, 0.15) is 6.23 Å². The number of fused-ring (bicyclic) bond motifs is 3. The third-order valence-corrected chi connectivity index (χ3v) is 3.15. The SMILES string of the molecule is CCOC1NCCc2c1[nH]c1ccccc21. The fourth-order valence-corrected chi connectivity index (χ4v) is 2.45. The fraction of sp³-hybridized carbons (Fsp3) is 0.385. The molecule has 84 valence electrons. The van der Waals surface area contributed by atoms with Gasteiger partial charge in [-0.05, 0) is 25.0 Å². The average molecular weight is 216 g/mol. The maximum absolute atomic E-state index is 5.70. The van der Waals surface area contributed by atoms with Crippen molar-refractivity contribution < 1.29 is 4.74 Å². The molecule has 0 bridgehead atoms. The van der Waals surface area contributed by atoms with E-state index in [1.165, 1.54) is 22.2 Å². The summed E-state index contributed by atoms with van der Waals surface area (Å²) in [5.41, 5.74) is 3.82. The fourth-order valence-electron chi connectivity index (χ4n) is 2.45. The van der Waals surface area contributed by atoms with Crippen LogP contribution < -0.4 is 5.32 Å². The zero-order chi connectivity index (χ0) is 11.0. The predicted molar refractivity (Wildman–Crippen MR) is 64.4 cm³/mol. The number of hydrogen-bond acceptors (Lipinski definition) is 2. The summed E-state index contributed by atoms with van der Waals surface area (Å²) in [7, 11) is 0. The number of ether oxygens (including phenoxy) is 1. The van der Waals surface area contributed by atoms with E-state index in [0.717, 1.165) is 19.6 Å². The first-order valence-electron chi connectivity index (χ1n) is 5.84. The Morgan fingerprint density at radius 3 is 3.12 bits per heavy atom. The van der Waals surface area contributed by atoms with Crippen molar-refractivity contribution in [3.8, 4) is 0 Å². The molecule has 0 saturated heterocycles. The first-order chi connectivity index (χ1) is 7.90. The van der Waals surface area contributed by atoms with Gasteiger partial charge in [0.2, 0.25) is 0 Å². The number of rotatable bonds is 2. The lowest BCUT2D eigenvalue weighted by Gasteiger charge is -2.23. The second kappa shape index (κ2) is 3.92. The van der Waals surface area contributed by atoms with Crippen LogP contribution in [0.4, 0.5) is 0 Å². The molecule has 1 aliphatic rings. The molecule has 3 nitrogen and oxygen atoms in total. The van der Waals surface area contributed by atoms with Crippen LogP contribution in [-0.2, 0) is 11.2 Å². The summed E-state index contributed by atoms with van der Waals surface area (Å²) in [5, 5.41) is 4.72. The molecule has 1 unspecified atom stereocenters. The number of para-hydroxylation sites is 1. The topological polar surface area (TPSA) is 37.0 Å². The van der Waals surface area contributed by atoms with E-state index in [0.29, 0.717) is 0 Å². The highest BCUT2D eigenvalue weighted by Crippen LogP contribution is 2.30. The number of H-pyrrole nitrogens is 1. The summed E-state index contributed by atoms with van der Waals surface area (Å²) >= 11 is 0. The molecular formula is C13H16N2O. The van der Waals surface area contributed by atoms with Crippen molar-refractivity contribution in [1.82, 2.24) is 10.3 Å². The van der Waals surface area contributed by atoms with Crippen LogP contribution >= 0.6 is 0 Å². The van der Waals surface area contributed by atoms with E-state index in [1.54, 1.807) is 0 Å². The summed E-state index contributed by atoms with van der Waals surface area (Å²) in [5.74, 6) is 0. The van der Waals surface area contributed by atoms with Crippen LogP contribution in [0.3, 0.4) is 0 Å². The first kappa shape index (κ1) is 9.87. The van der Waals surface area contributed by atoms with Crippen molar-refractivity contribution in [3.05, 3.63) is 35.5 Å². The van der Waals surface area contributed by atoms with E-state index in [9.17, 15) is 0 Å². The van der Waals surface area contributed by atoms with E-state index in [-0.39, 0.29) is 6.23 Å². The Labute approximate surface area is 94.8 Å². The molecule has 0 saturated carbocycles.